The molecule has 0 aliphatic rings. The minimum Gasteiger partial charge on any atom is -0.480 e. The number of hydrogen-bond acceptors (Lipinski definition) is 5. The minimum absolute atomic E-state index is 0.266. The van der Waals surface area contributed by atoms with Crippen LogP contribution in [0.25, 0.3) is 0 Å². The second-order valence-corrected chi connectivity index (χ2v) is 3.48. The van der Waals surface area contributed by atoms with Crippen LogP contribution in [0.15, 0.2) is 36.8 Å². The number of pyridine rings is 2. The number of methoxy groups -OCH3 is 1. The van der Waals surface area contributed by atoms with Crippen LogP contribution in [0.1, 0.15) is 10.4 Å². The zero-order valence-corrected chi connectivity index (χ0v) is 9.75. The number of nitrogens with two attached hydrogens (primary N) is 1. The molecule has 0 saturated carbocycles. The van der Waals surface area contributed by atoms with E-state index in [1.165, 1.54) is 13.3 Å². The Morgan fingerprint density at radius 3 is 2.94 bits per heavy atom. The van der Waals surface area contributed by atoms with Crippen molar-refractivity contribution in [1.82, 2.24) is 9.97 Å². The summed E-state index contributed by atoms with van der Waals surface area (Å²) in [5.41, 5.74) is 6.93. The van der Waals surface area contributed by atoms with E-state index in [4.69, 9.17) is 10.5 Å². The number of nitrogen functional groups attached to an aromatic ring is 1. The highest BCUT2D eigenvalue weighted by atomic mass is 16.5. The van der Waals surface area contributed by atoms with E-state index in [2.05, 4.69) is 15.3 Å². The third kappa shape index (κ3) is 2.37. The largest absolute Gasteiger partial charge is 0.480 e. The summed E-state index contributed by atoms with van der Waals surface area (Å²) < 4.78 is 5.02. The third-order valence-electron chi connectivity index (χ3n) is 2.31. The fourth-order valence-electron chi connectivity index (χ4n) is 1.44. The van der Waals surface area contributed by atoms with Crippen molar-refractivity contribution in [2.45, 2.75) is 0 Å². The summed E-state index contributed by atoms with van der Waals surface area (Å²) in [7, 11) is 1.46. The summed E-state index contributed by atoms with van der Waals surface area (Å²) in [6.07, 6.45) is 4.57. The number of aromatic nitrogens is 2. The van der Waals surface area contributed by atoms with Crippen LogP contribution in [0.2, 0.25) is 0 Å². The number of ether oxygens (including phenoxy) is 1. The van der Waals surface area contributed by atoms with Gasteiger partial charge in [-0.15, -0.1) is 0 Å². The van der Waals surface area contributed by atoms with Crippen LogP contribution in [-0.4, -0.2) is 23.0 Å². The molecule has 0 radical (unpaired) electrons. The van der Waals surface area contributed by atoms with E-state index < -0.39 is 0 Å². The first-order valence-electron chi connectivity index (χ1n) is 5.22. The number of carbonyl (C=O) groups excluding carboxylic acids is 1. The number of amides is 1. The number of nitrogens with zero attached hydrogens (tertiary/aromatic N) is 2. The third-order valence-corrected chi connectivity index (χ3v) is 2.31. The number of anilines is 2. The summed E-state index contributed by atoms with van der Waals surface area (Å²) in [5.74, 6) is -0.0690. The summed E-state index contributed by atoms with van der Waals surface area (Å²) in [5, 5.41) is 2.68. The Labute approximate surface area is 104 Å². The lowest BCUT2D eigenvalue weighted by Crippen LogP contribution is -2.14. The number of hydrogen-bond donors (Lipinski definition) is 2. The average molecular weight is 244 g/mol. The summed E-state index contributed by atoms with van der Waals surface area (Å²) in [4.78, 5) is 19.8. The van der Waals surface area contributed by atoms with Crippen molar-refractivity contribution in [2.24, 2.45) is 0 Å². The van der Waals surface area contributed by atoms with Crippen molar-refractivity contribution in [3.63, 3.8) is 0 Å². The van der Waals surface area contributed by atoms with Crippen molar-refractivity contribution < 1.29 is 9.53 Å². The lowest BCUT2D eigenvalue weighted by atomic mass is 10.2. The normalized spacial score (nSPS) is 9.83. The molecule has 3 N–H and O–H groups in total. The average Bonchev–Trinajstić information content (AvgIpc) is 2.41. The first-order valence-corrected chi connectivity index (χ1v) is 5.22. The van der Waals surface area contributed by atoms with Gasteiger partial charge < -0.3 is 15.8 Å². The van der Waals surface area contributed by atoms with Crippen molar-refractivity contribution in [3.8, 4) is 5.88 Å². The van der Waals surface area contributed by atoms with Crippen LogP contribution in [0.4, 0.5) is 11.4 Å². The van der Waals surface area contributed by atoms with Crippen molar-refractivity contribution in [3.05, 3.63) is 42.4 Å². The predicted molar refractivity (Wildman–Crippen MR) is 67.4 cm³/mol. The van der Waals surface area contributed by atoms with Gasteiger partial charge in [0, 0.05) is 12.4 Å². The molecule has 0 aromatic carbocycles. The molecule has 0 aliphatic heterocycles. The van der Waals surface area contributed by atoms with Gasteiger partial charge in [0.1, 0.15) is 5.56 Å². The number of nitrogens with one attached hydrogen (secondary N) is 1. The van der Waals surface area contributed by atoms with Crippen molar-refractivity contribution in [2.75, 3.05) is 18.2 Å². The molecule has 2 rings (SSSR count). The molecule has 0 spiro atoms. The minimum atomic E-state index is -0.335. The predicted octanol–water partition coefficient (Wildman–Crippen LogP) is 1.32. The van der Waals surface area contributed by atoms with Gasteiger partial charge in [0.15, 0.2) is 0 Å². The SMILES string of the molecule is COc1ncccc1C(=O)Nc1ccncc1N. The monoisotopic (exact) mass is 244 g/mol. The van der Waals surface area contributed by atoms with Gasteiger partial charge in [0.2, 0.25) is 5.88 Å². The van der Waals surface area contributed by atoms with Gasteiger partial charge >= 0.3 is 0 Å². The molecule has 0 saturated heterocycles. The Hall–Kier alpha value is -2.63. The maximum atomic E-state index is 12.0. The van der Waals surface area contributed by atoms with Gasteiger partial charge in [-0.2, -0.15) is 0 Å². The van der Waals surface area contributed by atoms with Crippen LogP contribution in [0, 0.1) is 0 Å². The highest BCUT2D eigenvalue weighted by Crippen LogP contribution is 2.19. The van der Waals surface area contributed by atoms with Crippen molar-refractivity contribution in [1.29, 1.82) is 0 Å². The lowest BCUT2D eigenvalue weighted by molar-refractivity contribution is 0.102. The van der Waals surface area contributed by atoms with E-state index >= 15 is 0 Å². The molecule has 0 unspecified atom stereocenters. The Morgan fingerprint density at radius 2 is 2.22 bits per heavy atom. The lowest BCUT2D eigenvalue weighted by Gasteiger charge is -2.09. The second-order valence-electron chi connectivity index (χ2n) is 3.48. The molecule has 6 heteroatoms. The molecule has 1 amide bonds. The van der Waals surface area contributed by atoms with E-state index in [1.54, 1.807) is 30.6 Å². The van der Waals surface area contributed by atoms with E-state index in [-0.39, 0.29) is 11.8 Å². The molecule has 0 fully saturated rings. The van der Waals surface area contributed by atoms with E-state index in [9.17, 15) is 4.79 Å². The van der Waals surface area contributed by atoms with Gasteiger partial charge in [-0.1, -0.05) is 0 Å². The zero-order chi connectivity index (χ0) is 13.0. The molecular weight excluding hydrogens is 232 g/mol. The molecular formula is C12H12N4O2. The highest BCUT2D eigenvalue weighted by Gasteiger charge is 2.13. The van der Waals surface area contributed by atoms with Crippen LogP contribution < -0.4 is 15.8 Å². The first-order chi connectivity index (χ1) is 8.72. The van der Waals surface area contributed by atoms with E-state index in [0.29, 0.717) is 16.9 Å². The topological polar surface area (TPSA) is 90.1 Å². The quantitative estimate of drug-likeness (QED) is 0.849. The molecule has 0 bridgehead atoms. The van der Waals surface area contributed by atoms with Crippen LogP contribution >= 0.6 is 0 Å². The molecule has 2 aromatic heterocycles. The fourth-order valence-corrected chi connectivity index (χ4v) is 1.44. The highest BCUT2D eigenvalue weighted by molar-refractivity contribution is 6.07. The zero-order valence-electron chi connectivity index (χ0n) is 9.75. The molecule has 0 aliphatic carbocycles. The molecule has 2 aromatic rings. The summed E-state index contributed by atoms with van der Waals surface area (Å²) in [6, 6.07) is 4.90. The Morgan fingerprint density at radius 1 is 1.39 bits per heavy atom. The fraction of sp³-hybridized carbons (Fsp3) is 0.0833. The Kier molecular flexibility index (Phi) is 3.38. The molecule has 6 nitrogen and oxygen atoms in total. The summed E-state index contributed by atoms with van der Waals surface area (Å²) in [6.45, 7) is 0. The van der Waals surface area contributed by atoms with Gasteiger partial charge in [0.05, 0.1) is 24.7 Å². The van der Waals surface area contributed by atoms with E-state index in [1.807, 2.05) is 0 Å². The van der Waals surface area contributed by atoms with Gasteiger partial charge in [-0.25, -0.2) is 4.98 Å². The molecule has 0 atom stereocenters. The van der Waals surface area contributed by atoms with Crippen LogP contribution in [-0.2, 0) is 0 Å². The maximum Gasteiger partial charge on any atom is 0.261 e. The molecule has 2 heterocycles. The van der Waals surface area contributed by atoms with E-state index in [0.717, 1.165) is 0 Å². The van der Waals surface area contributed by atoms with Crippen LogP contribution in [0.5, 0.6) is 5.88 Å². The first kappa shape index (κ1) is 11.8. The van der Waals surface area contributed by atoms with Crippen molar-refractivity contribution >= 4 is 17.3 Å². The Balaban J connectivity index is 2.25. The Bertz CT molecular complexity index is 572. The van der Waals surface area contributed by atoms with Crippen LogP contribution in [0.3, 0.4) is 0 Å². The second kappa shape index (κ2) is 5.13. The molecule has 18 heavy (non-hydrogen) atoms. The number of carbonyl (C=O) groups is 1. The maximum absolute atomic E-state index is 12.0. The summed E-state index contributed by atoms with van der Waals surface area (Å²) >= 11 is 0. The standard InChI is InChI=1S/C12H12N4O2/c1-18-12-8(3-2-5-15-12)11(17)16-10-4-6-14-7-9(10)13/h2-7H,13H2,1H3,(H,14,16,17). The smallest absolute Gasteiger partial charge is 0.261 e. The van der Waals surface area contributed by atoms with Gasteiger partial charge in [-0.05, 0) is 18.2 Å². The van der Waals surface area contributed by atoms with Gasteiger partial charge in [0.25, 0.3) is 5.91 Å². The van der Waals surface area contributed by atoms with Gasteiger partial charge in [-0.3, -0.25) is 9.78 Å². The number of rotatable bonds is 3. The molecule has 92 valence electrons.